The van der Waals surface area contributed by atoms with Crippen molar-refractivity contribution in [3.63, 3.8) is 0 Å². The summed E-state index contributed by atoms with van der Waals surface area (Å²) in [5, 5.41) is 0.474. The van der Waals surface area contributed by atoms with E-state index in [4.69, 9.17) is 9.47 Å². The minimum absolute atomic E-state index is 0.0980. The van der Waals surface area contributed by atoms with Gasteiger partial charge in [-0.25, -0.2) is 9.59 Å². The van der Waals surface area contributed by atoms with Gasteiger partial charge in [-0.05, 0) is 39.8 Å². The number of hydrogen-bond donors (Lipinski definition) is 0. The quantitative estimate of drug-likeness (QED) is 0.447. The van der Waals surface area contributed by atoms with Crippen LogP contribution >= 0.6 is 15.9 Å². The van der Waals surface area contributed by atoms with Gasteiger partial charge in [-0.2, -0.15) is 0 Å². The van der Waals surface area contributed by atoms with E-state index in [1.165, 1.54) is 10.8 Å². The highest BCUT2D eigenvalue weighted by molar-refractivity contribution is 9.10. The molecule has 24 heavy (non-hydrogen) atoms. The zero-order valence-corrected chi connectivity index (χ0v) is 15.5. The number of carbonyl (C=O) groups is 3. The molecule has 2 aromatic rings. The van der Waals surface area contributed by atoms with E-state index < -0.39 is 23.4 Å². The first-order valence-electron chi connectivity index (χ1n) is 7.39. The Kier molecular flexibility index (Phi) is 5.13. The van der Waals surface area contributed by atoms with E-state index >= 15 is 0 Å². The van der Waals surface area contributed by atoms with Gasteiger partial charge in [-0.15, -0.1) is 0 Å². The van der Waals surface area contributed by atoms with Crippen LogP contribution in [0.25, 0.3) is 10.9 Å². The van der Waals surface area contributed by atoms with E-state index in [1.54, 1.807) is 45.9 Å². The molecular formula is C17H18BrNO5. The van der Waals surface area contributed by atoms with Gasteiger partial charge in [-0.1, -0.05) is 22.0 Å². The number of nitrogens with zero attached hydrogens (tertiary/aromatic N) is 1. The molecule has 0 saturated heterocycles. The Labute approximate surface area is 147 Å². The van der Waals surface area contributed by atoms with Crippen LogP contribution in [0, 0.1) is 0 Å². The lowest BCUT2D eigenvalue weighted by atomic mass is 10.1. The molecule has 0 aliphatic rings. The molecule has 6 nitrogen and oxygen atoms in total. The molecule has 0 saturated carbocycles. The highest BCUT2D eigenvalue weighted by Crippen LogP contribution is 2.26. The molecule has 0 aliphatic carbocycles. The first-order chi connectivity index (χ1) is 11.1. The Bertz CT molecular complexity index is 816. The minimum atomic E-state index is -0.955. The third kappa shape index (κ3) is 3.84. The van der Waals surface area contributed by atoms with Crippen LogP contribution in [0.2, 0.25) is 0 Å². The molecule has 0 unspecified atom stereocenters. The van der Waals surface area contributed by atoms with Crippen molar-refractivity contribution >= 4 is 44.7 Å². The third-order valence-corrected chi connectivity index (χ3v) is 3.56. The predicted molar refractivity (Wildman–Crippen MR) is 92.2 cm³/mol. The van der Waals surface area contributed by atoms with Gasteiger partial charge in [0.15, 0.2) is 0 Å². The summed E-state index contributed by atoms with van der Waals surface area (Å²) < 4.78 is 12.1. The van der Waals surface area contributed by atoms with Crippen molar-refractivity contribution in [3.8, 4) is 0 Å². The highest BCUT2D eigenvalue weighted by atomic mass is 79.9. The summed E-state index contributed by atoms with van der Waals surface area (Å²) in [6, 6.07) is 5.07. The van der Waals surface area contributed by atoms with Crippen molar-refractivity contribution < 1.29 is 23.9 Å². The fraction of sp³-hybridized carbons (Fsp3) is 0.353. The predicted octanol–water partition coefficient (Wildman–Crippen LogP) is 3.93. The molecule has 0 atom stereocenters. The van der Waals surface area contributed by atoms with Crippen molar-refractivity contribution in [2.24, 2.45) is 0 Å². The smallest absolute Gasteiger partial charge is 0.419 e. The topological polar surface area (TPSA) is 74.6 Å². The van der Waals surface area contributed by atoms with Crippen molar-refractivity contribution in [2.75, 3.05) is 6.61 Å². The average Bonchev–Trinajstić information content (AvgIpc) is 2.83. The fourth-order valence-corrected chi connectivity index (χ4v) is 2.50. The number of fused-ring (bicyclic) bond motifs is 1. The van der Waals surface area contributed by atoms with Crippen LogP contribution in [0.3, 0.4) is 0 Å². The summed E-state index contributed by atoms with van der Waals surface area (Å²) in [5.74, 6) is -1.75. The third-order valence-electron chi connectivity index (χ3n) is 3.06. The van der Waals surface area contributed by atoms with E-state index in [1.807, 2.05) is 0 Å². The molecule has 2 rings (SSSR count). The second-order valence-corrected chi connectivity index (χ2v) is 7.02. The minimum Gasteiger partial charge on any atom is -0.460 e. The number of esters is 1. The van der Waals surface area contributed by atoms with Crippen LogP contribution in [0.1, 0.15) is 38.1 Å². The Balaban J connectivity index is 2.57. The lowest BCUT2D eigenvalue weighted by Gasteiger charge is -2.19. The molecular weight excluding hydrogens is 378 g/mol. The average molecular weight is 396 g/mol. The number of rotatable bonds is 3. The van der Waals surface area contributed by atoms with Gasteiger partial charge in [0, 0.05) is 16.1 Å². The Morgan fingerprint density at radius 1 is 1.21 bits per heavy atom. The van der Waals surface area contributed by atoms with Gasteiger partial charge in [0.1, 0.15) is 5.60 Å². The van der Waals surface area contributed by atoms with Crippen molar-refractivity contribution in [1.29, 1.82) is 0 Å². The lowest BCUT2D eigenvalue weighted by molar-refractivity contribution is -0.137. The monoisotopic (exact) mass is 395 g/mol. The van der Waals surface area contributed by atoms with Crippen LogP contribution in [-0.4, -0.2) is 34.6 Å². The number of halogens is 1. The Hall–Kier alpha value is -2.15. The van der Waals surface area contributed by atoms with Gasteiger partial charge in [-0.3, -0.25) is 9.36 Å². The summed E-state index contributed by atoms with van der Waals surface area (Å²) in [6.45, 7) is 6.96. The molecule has 1 aromatic carbocycles. The molecule has 0 bridgehead atoms. The number of carbonyl (C=O) groups excluding carboxylic acids is 3. The molecule has 0 radical (unpaired) electrons. The van der Waals surface area contributed by atoms with Crippen molar-refractivity contribution in [3.05, 3.63) is 34.4 Å². The number of ketones is 1. The molecule has 0 fully saturated rings. The number of hydrogen-bond acceptors (Lipinski definition) is 5. The van der Waals surface area contributed by atoms with Crippen LogP contribution < -0.4 is 0 Å². The molecule has 1 heterocycles. The summed E-state index contributed by atoms with van der Waals surface area (Å²) in [4.78, 5) is 36.5. The Morgan fingerprint density at radius 3 is 2.46 bits per heavy atom. The van der Waals surface area contributed by atoms with Crippen LogP contribution in [-0.2, 0) is 14.3 Å². The normalized spacial score (nSPS) is 11.4. The van der Waals surface area contributed by atoms with Gasteiger partial charge in [0.05, 0.1) is 17.7 Å². The zero-order valence-electron chi connectivity index (χ0n) is 13.9. The van der Waals surface area contributed by atoms with E-state index in [2.05, 4.69) is 15.9 Å². The number of benzene rings is 1. The van der Waals surface area contributed by atoms with Gasteiger partial charge >= 0.3 is 12.1 Å². The first kappa shape index (κ1) is 18.2. The molecule has 1 aromatic heterocycles. The summed E-state index contributed by atoms with van der Waals surface area (Å²) >= 11 is 3.34. The Morgan fingerprint density at radius 2 is 1.88 bits per heavy atom. The maximum absolute atomic E-state index is 12.4. The first-order valence-corrected chi connectivity index (χ1v) is 8.18. The van der Waals surface area contributed by atoms with Crippen LogP contribution in [0.5, 0.6) is 0 Å². The molecule has 0 amide bonds. The van der Waals surface area contributed by atoms with Gasteiger partial charge in [0.25, 0.3) is 5.78 Å². The SMILES string of the molecule is CCOC(=O)C(=O)c1cn(C(=O)OC(C)(C)C)c2cc(Br)ccc12. The molecule has 0 spiro atoms. The maximum Gasteiger partial charge on any atom is 0.419 e. The second-order valence-electron chi connectivity index (χ2n) is 6.10. The summed E-state index contributed by atoms with van der Waals surface area (Å²) in [7, 11) is 0. The molecule has 0 N–H and O–H groups in total. The summed E-state index contributed by atoms with van der Waals surface area (Å²) in [5.41, 5.74) is -0.126. The molecule has 0 aliphatic heterocycles. The summed E-state index contributed by atoms with van der Waals surface area (Å²) in [6.07, 6.45) is 0.679. The van der Waals surface area contributed by atoms with Crippen molar-refractivity contribution in [2.45, 2.75) is 33.3 Å². The molecule has 128 valence electrons. The molecule has 7 heteroatoms. The van der Waals surface area contributed by atoms with E-state index in [0.29, 0.717) is 10.9 Å². The maximum atomic E-state index is 12.4. The fourth-order valence-electron chi connectivity index (χ4n) is 2.15. The zero-order chi connectivity index (χ0) is 18.1. The van der Waals surface area contributed by atoms with E-state index in [9.17, 15) is 14.4 Å². The van der Waals surface area contributed by atoms with Gasteiger partial charge in [0.2, 0.25) is 0 Å². The number of ether oxygens (including phenoxy) is 2. The van der Waals surface area contributed by atoms with Crippen LogP contribution in [0.4, 0.5) is 4.79 Å². The largest absolute Gasteiger partial charge is 0.460 e. The highest BCUT2D eigenvalue weighted by Gasteiger charge is 2.26. The van der Waals surface area contributed by atoms with E-state index in [-0.39, 0.29) is 12.2 Å². The van der Waals surface area contributed by atoms with E-state index in [0.717, 1.165) is 4.47 Å². The second kappa shape index (κ2) is 6.76. The number of Topliss-reactive ketones (excluding diaryl/α,β-unsaturated/α-hetero) is 1. The lowest BCUT2D eigenvalue weighted by Crippen LogP contribution is -2.26. The van der Waals surface area contributed by atoms with Crippen molar-refractivity contribution in [1.82, 2.24) is 4.57 Å². The van der Waals surface area contributed by atoms with Crippen LogP contribution in [0.15, 0.2) is 28.9 Å². The standard InChI is InChI=1S/C17H18BrNO5/c1-5-23-15(21)14(20)12-9-19(16(22)24-17(2,3)4)13-8-10(18)6-7-11(12)13/h6-9H,5H2,1-4H3. The van der Waals surface area contributed by atoms with Gasteiger partial charge < -0.3 is 9.47 Å². The number of aromatic nitrogens is 1.